The Hall–Kier alpha value is -2.76. The molecule has 1 aromatic carbocycles. The van der Waals surface area contributed by atoms with Crippen molar-refractivity contribution in [1.82, 2.24) is 15.3 Å². The van der Waals surface area contributed by atoms with Crippen LogP contribution >= 0.6 is 0 Å². The Labute approximate surface area is 158 Å². The van der Waals surface area contributed by atoms with Crippen molar-refractivity contribution in [3.05, 3.63) is 53.3 Å². The highest BCUT2D eigenvalue weighted by molar-refractivity contribution is 5.87. The number of benzene rings is 1. The van der Waals surface area contributed by atoms with Crippen LogP contribution in [0.25, 0.3) is 11.3 Å². The molecule has 27 heavy (non-hydrogen) atoms. The van der Waals surface area contributed by atoms with Crippen LogP contribution in [0.1, 0.15) is 30.8 Å². The van der Waals surface area contributed by atoms with Crippen LogP contribution in [0.3, 0.4) is 0 Å². The molecule has 0 bridgehead atoms. The van der Waals surface area contributed by atoms with Gasteiger partial charge in [-0.1, -0.05) is 19.9 Å². The van der Waals surface area contributed by atoms with E-state index >= 15 is 0 Å². The number of carbonyl (C=O) groups is 1. The SMILES string of the molecule is Cc1cnc(C)c(-c2cc(F)cc3c2O[C@H](CNC(=O)/C=C/C(C)C)C3)n1. The highest BCUT2D eigenvalue weighted by atomic mass is 19.1. The van der Waals surface area contributed by atoms with Crippen LogP contribution < -0.4 is 10.1 Å². The Morgan fingerprint density at radius 1 is 1.41 bits per heavy atom. The molecule has 1 aromatic heterocycles. The standard InChI is InChI=1S/C21H24FN3O2/c1-12(2)5-6-19(26)24-11-17-8-15-7-16(22)9-18(21(15)27-17)20-14(4)23-10-13(3)25-20/h5-7,9-10,12,17H,8,11H2,1-4H3,(H,24,26)/b6-5+/t17-/m0/s1. The predicted molar refractivity (Wildman–Crippen MR) is 102 cm³/mol. The summed E-state index contributed by atoms with van der Waals surface area (Å²) in [5, 5.41) is 2.84. The van der Waals surface area contributed by atoms with Crippen molar-refractivity contribution in [2.75, 3.05) is 6.54 Å². The van der Waals surface area contributed by atoms with E-state index in [4.69, 9.17) is 4.74 Å². The van der Waals surface area contributed by atoms with E-state index < -0.39 is 0 Å². The summed E-state index contributed by atoms with van der Waals surface area (Å²) in [4.78, 5) is 20.7. The fourth-order valence-corrected chi connectivity index (χ4v) is 3.03. The van der Waals surface area contributed by atoms with E-state index in [-0.39, 0.29) is 17.8 Å². The van der Waals surface area contributed by atoms with Crippen molar-refractivity contribution >= 4 is 5.91 Å². The van der Waals surface area contributed by atoms with Gasteiger partial charge < -0.3 is 10.1 Å². The number of halogens is 1. The van der Waals surface area contributed by atoms with Crippen molar-refractivity contribution in [2.45, 2.75) is 40.2 Å². The summed E-state index contributed by atoms with van der Waals surface area (Å²) in [6.45, 7) is 8.06. The van der Waals surface area contributed by atoms with E-state index in [0.29, 0.717) is 41.6 Å². The maximum absolute atomic E-state index is 14.2. The number of hydrogen-bond acceptors (Lipinski definition) is 4. The maximum atomic E-state index is 14.2. The molecule has 0 saturated heterocycles. The zero-order chi connectivity index (χ0) is 19.6. The molecule has 0 saturated carbocycles. The van der Waals surface area contributed by atoms with Crippen molar-refractivity contribution in [3.63, 3.8) is 0 Å². The zero-order valence-corrected chi connectivity index (χ0v) is 16.0. The fraction of sp³-hybridized carbons (Fsp3) is 0.381. The van der Waals surface area contributed by atoms with Gasteiger partial charge in [-0.25, -0.2) is 9.37 Å². The second-order valence-electron chi connectivity index (χ2n) is 7.18. The Morgan fingerprint density at radius 2 is 2.19 bits per heavy atom. The molecule has 142 valence electrons. The van der Waals surface area contributed by atoms with E-state index in [9.17, 15) is 9.18 Å². The molecule has 3 rings (SSSR count). The average Bonchev–Trinajstić information content (AvgIpc) is 3.02. The number of nitrogens with one attached hydrogen (secondary N) is 1. The van der Waals surface area contributed by atoms with Gasteiger partial charge in [-0.2, -0.15) is 0 Å². The minimum atomic E-state index is -0.334. The Balaban J connectivity index is 1.79. The van der Waals surface area contributed by atoms with Gasteiger partial charge in [-0.15, -0.1) is 0 Å². The van der Waals surface area contributed by atoms with E-state index in [1.807, 2.05) is 33.8 Å². The summed E-state index contributed by atoms with van der Waals surface area (Å²) in [6, 6.07) is 2.92. The molecule has 1 N–H and O–H groups in total. The molecule has 0 fully saturated rings. The van der Waals surface area contributed by atoms with E-state index in [2.05, 4.69) is 15.3 Å². The summed E-state index contributed by atoms with van der Waals surface area (Å²) in [5.41, 5.74) is 3.48. The third-order valence-corrected chi connectivity index (χ3v) is 4.33. The first kappa shape index (κ1) is 19.0. The number of ether oxygens (including phenoxy) is 1. The first-order chi connectivity index (χ1) is 12.8. The third kappa shape index (κ3) is 4.51. The zero-order valence-electron chi connectivity index (χ0n) is 16.0. The fourth-order valence-electron chi connectivity index (χ4n) is 3.03. The van der Waals surface area contributed by atoms with Gasteiger partial charge in [0.05, 0.1) is 23.6 Å². The van der Waals surface area contributed by atoms with Gasteiger partial charge in [0.2, 0.25) is 5.91 Å². The molecule has 5 nitrogen and oxygen atoms in total. The average molecular weight is 369 g/mol. The van der Waals surface area contributed by atoms with Crippen molar-refractivity contribution in [3.8, 4) is 17.0 Å². The highest BCUT2D eigenvalue weighted by Crippen LogP contribution is 2.39. The van der Waals surface area contributed by atoms with Crippen LogP contribution in [-0.4, -0.2) is 28.5 Å². The van der Waals surface area contributed by atoms with Gasteiger partial charge in [-0.05, 0) is 38.0 Å². The van der Waals surface area contributed by atoms with Crippen molar-refractivity contribution in [1.29, 1.82) is 0 Å². The second kappa shape index (κ2) is 7.86. The van der Waals surface area contributed by atoms with Crippen LogP contribution in [0.4, 0.5) is 4.39 Å². The number of fused-ring (bicyclic) bond motifs is 1. The molecule has 0 spiro atoms. The van der Waals surface area contributed by atoms with Crippen LogP contribution in [0, 0.1) is 25.6 Å². The molecule has 1 atom stereocenters. The smallest absolute Gasteiger partial charge is 0.243 e. The van der Waals surface area contributed by atoms with Crippen LogP contribution in [-0.2, 0) is 11.2 Å². The maximum Gasteiger partial charge on any atom is 0.243 e. The van der Waals surface area contributed by atoms with Gasteiger partial charge >= 0.3 is 0 Å². The molecule has 2 aromatic rings. The normalized spacial score (nSPS) is 15.9. The summed E-state index contributed by atoms with van der Waals surface area (Å²) in [6.07, 6.45) is 5.35. The number of carbonyl (C=O) groups excluding carboxylic acids is 1. The van der Waals surface area contributed by atoms with Gasteiger partial charge in [0, 0.05) is 23.7 Å². The Bertz CT molecular complexity index is 893. The molecule has 0 unspecified atom stereocenters. The lowest BCUT2D eigenvalue weighted by molar-refractivity contribution is -0.116. The monoisotopic (exact) mass is 369 g/mol. The van der Waals surface area contributed by atoms with Crippen LogP contribution in [0.2, 0.25) is 0 Å². The minimum Gasteiger partial charge on any atom is -0.487 e. The third-order valence-electron chi connectivity index (χ3n) is 4.33. The molecule has 6 heteroatoms. The molecule has 2 heterocycles. The van der Waals surface area contributed by atoms with Crippen molar-refractivity contribution < 1.29 is 13.9 Å². The summed E-state index contributed by atoms with van der Waals surface area (Å²) in [5.74, 6) is 0.443. The van der Waals surface area contributed by atoms with Crippen LogP contribution in [0.15, 0.2) is 30.5 Å². The molecule has 0 radical (unpaired) electrons. The lowest BCUT2D eigenvalue weighted by atomic mass is 10.0. The molecule has 1 amide bonds. The number of hydrogen-bond donors (Lipinski definition) is 1. The molecular weight excluding hydrogens is 345 g/mol. The van der Waals surface area contributed by atoms with Gasteiger partial charge in [0.15, 0.2) is 0 Å². The Kier molecular flexibility index (Phi) is 5.54. The summed E-state index contributed by atoms with van der Waals surface area (Å²) < 4.78 is 20.2. The van der Waals surface area contributed by atoms with E-state index in [1.54, 1.807) is 6.20 Å². The number of allylic oxidation sites excluding steroid dienone is 1. The first-order valence-corrected chi connectivity index (χ1v) is 9.09. The molecule has 1 aliphatic rings. The topological polar surface area (TPSA) is 64.1 Å². The minimum absolute atomic E-state index is 0.157. The lowest BCUT2D eigenvalue weighted by Gasteiger charge is -2.14. The second-order valence-corrected chi connectivity index (χ2v) is 7.18. The first-order valence-electron chi connectivity index (χ1n) is 9.09. The predicted octanol–water partition coefficient (Wildman–Crippen LogP) is 3.53. The lowest BCUT2D eigenvalue weighted by Crippen LogP contribution is -2.33. The number of aryl methyl sites for hydroxylation is 2. The number of nitrogens with zero attached hydrogens (tertiary/aromatic N) is 2. The van der Waals surface area contributed by atoms with Crippen molar-refractivity contribution in [2.24, 2.45) is 5.92 Å². The van der Waals surface area contributed by atoms with Gasteiger partial charge in [-0.3, -0.25) is 9.78 Å². The molecular formula is C21H24FN3O2. The van der Waals surface area contributed by atoms with Gasteiger partial charge in [0.25, 0.3) is 0 Å². The number of amides is 1. The molecule has 0 aliphatic carbocycles. The van der Waals surface area contributed by atoms with E-state index in [0.717, 1.165) is 11.3 Å². The van der Waals surface area contributed by atoms with E-state index in [1.165, 1.54) is 18.2 Å². The summed E-state index contributed by atoms with van der Waals surface area (Å²) >= 11 is 0. The largest absolute Gasteiger partial charge is 0.487 e. The number of rotatable bonds is 5. The number of aromatic nitrogens is 2. The quantitative estimate of drug-likeness (QED) is 0.819. The molecule has 1 aliphatic heterocycles. The van der Waals surface area contributed by atoms with Crippen LogP contribution in [0.5, 0.6) is 5.75 Å². The highest BCUT2D eigenvalue weighted by Gasteiger charge is 2.28. The Morgan fingerprint density at radius 3 is 2.93 bits per heavy atom. The summed E-state index contributed by atoms with van der Waals surface area (Å²) in [7, 11) is 0. The van der Waals surface area contributed by atoms with Gasteiger partial charge in [0.1, 0.15) is 17.7 Å².